The van der Waals surface area contributed by atoms with Crippen LogP contribution in [-0.4, -0.2) is 17.8 Å². The Morgan fingerprint density at radius 3 is 2.65 bits per heavy atom. The van der Waals surface area contributed by atoms with Crippen molar-refractivity contribution < 1.29 is 24.3 Å². The van der Waals surface area contributed by atoms with E-state index in [1.807, 2.05) is 24.3 Å². The number of aliphatic carboxylic acids is 1. The molecule has 0 aromatic heterocycles. The Morgan fingerprint density at radius 1 is 1.26 bits per heavy atom. The fourth-order valence-corrected chi connectivity index (χ4v) is 3.73. The predicted octanol–water partition coefficient (Wildman–Crippen LogP) is 0.832. The van der Waals surface area contributed by atoms with Gasteiger partial charge in [0.05, 0.1) is 5.75 Å². The maximum atomic E-state index is 13.5. The van der Waals surface area contributed by atoms with Gasteiger partial charge < -0.3 is 20.0 Å². The van der Waals surface area contributed by atoms with Gasteiger partial charge in [0.25, 0.3) is 0 Å². The first-order valence-electron chi connectivity index (χ1n) is 7.27. The van der Waals surface area contributed by atoms with Gasteiger partial charge in [-0.05, 0) is 30.3 Å². The van der Waals surface area contributed by atoms with Crippen LogP contribution in [0.15, 0.2) is 48.5 Å². The molecule has 0 radical (unpaired) electrons. The molecule has 0 amide bonds. The van der Waals surface area contributed by atoms with E-state index >= 15 is 0 Å². The number of carboxylic acid groups (broad SMARTS) is 1. The lowest BCUT2D eigenvalue weighted by atomic mass is 10.2. The number of hydrogen-bond donors (Lipinski definition) is 1. The highest BCUT2D eigenvalue weighted by Crippen LogP contribution is 2.28. The highest BCUT2D eigenvalue weighted by atomic mass is 32.2. The summed E-state index contributed by atoms with van der Waals surface area (Å²) in [6.07, 6.45) is 0. The van der Waals surface area contributed by atoms with Gasteiger partial charge in [-0.2, -0.15) is 0 Å². The SMILES string of the molecule is O=C([O-])[C@@H]1CS[C@@H](c2ccc(OCc3ccccc3F)cc2)[NH2+]1. The molecule has 1 saturated heterocycles. The van der Waals surface area contributed by atoms with Gasteiger partial charge >= 0.3 is 0 Å². The summed E-state index contributed by atoms with van der Waals surface area (Å²) in [6, 6.07) is 13.5. The second-order valence-electron chi connectivity index (χ2n) is 5.32. The van der Waals surface area contributed by atoms with E-state index in [1.165, 1.54) is 6.07 Å². The van der Waals surface area contributed by atoms with Crippen LogP contribution in [-0.2, 0) is 11.4 Å². The normalized spacial score (nSPS) is 20.4. The maximum absolute atomic E-state index is 13.5. The van der Waals surface area contributed by atoms with E-state index in [2.05, 4.69) is 0 Å². The monoisotopic (exact) mass is 333 g/mol. The topological polar surface area (TPSA) is 66.0 Å². The maximum Gasteiger partial charge on any atom is 0.159 e. The number of carbonyl (C=O) groups is 1. The number of rotatable bonds is 5. The van der Waals surface area contributed by atoms with Gasteiger partial charge in [-0.3, -0.25) is 0 Å². The van der Waals surface area contributed by atoms with Crippen LogP contribution in [0.2, 0.25) is 0 Å². The van der Waals surface area contributed by atoms with Crippen molar-refractivity contribution in [2.45, 2.75) is 18.0 Å². The molecule has 2 aromatic carbocycles. The van der Waals surface area contributed by atoms with Crippen LogP contribution in [0.4, 0.5) is 4.39 Å². The van der Waals surface area contributed by atoms with E-state index in [0.29, 0.717) is 17.1 Å². The standard InChI is InChI=1S/C17H16FNO3S/c18-14-4-2-1-3-12(14)9-22-13-7-5-11(6-8-13)16-19-15(10-23-16)17(20)21/h1-8,15-16,19H,9-10H2,(H,20,21)/t15-,16-/m0/s1. The minimum absolute atomic E-state index is 0.0542. The molecule has 1 aliphatic rings. The van der Waals surface area contributed by atoms with Crippen LogP contribution >= 0.6 is 11.8 Å². The van der Waals surface area contributed by atoms with Crippen molar-refractivity contribution in [2.75, 3.05) is 5.75 Å². The summed E-state index contributed by atoms with van der Waals surface area (Å²) >= 11 is 1.58. The summed E-state index contributed by atoms with van der Waals surface area (Å²) in [6.45, 7) is 0.170. The summed E-state index contributed by atoms with van der Waals surface area (Å²) < 4.78 is 19.1. The average Bonchev–Trinajstić information content (AvgIpc) is 3.05. The van der Waals surface area contributed by atoms with E-state index in [-0.39, 0.29) is 17.8 Å². The first-order valence-corrected chi connectivity index (χ1v) is 8.32. The van der Waals surface area contributed by atoms with Gasteiger partial charge in [-0.15, -0.1) is 0 Å². The first kappa shape index (κ1) is 15.8. The second kappa shape index (κ2) is 7.02. The number of quaternary nitrogens is 1. The van der Waals surface area contributed by atoms with Crippen LogP contribution < -0.4 is 15.2 Å². The van der Waals surface area contributed by atoms with E-state index in [4.69, 9.17) is 4.74 Å². The Kier molecular flexibility index (Phi) is 4.83. The van der Waals surface area contributed by atoms with Crippen LogP contribution in [0.3, 0.4) is 0 Å². The summed E-state index contributed by atoms with van der Waals surface area (Å²) in [5, 5.41) is 12.7. The molecule has 1 aliphatic heterocycles. The summed E-state index contributed by atoms with van der Waals surface area (Å²) in [5.41, 5.74) is 1.53. The van der Waals surface area contributed by atoms with Crippen molar-refractivity contribution in [1.29, 1.82) is 0 Å². The largest absolute Gasteiger partial charge is 0.544 e. The minimum Gasteiger partial charge on any atom is -0.544 e. The van der Waals surface area contributed by atoms with E-state index in [0.717, 1.165) is 5.56 Å². The molecule has 0 bridgehead atoms. The van der Waals surface area contributed by atoms with Gasteiger partial charge in [0.2, 0.25) is 0 Å². The van der Waals surface area contributed by atoms with E-state index < -0.39 is 12.0 Å². The van der Waals surface area contributed by atoms with Crippen molar-refractivity contribution in [1.82, 2.24) is 0 Å². The van der Waals surface area contributed by atoms with Crippen molar-refractivity contribution in [3.8, 4) is 5.75 Å². The molecule has 2 aromatic rings. The zero-order valence-electron chi connectivity index (χ0n) is 12.3. The highest BCUT2D eigenvalue weighted by molar-refractivity contribution is 7.99. The van der Waals surface area contributed by atoms with Crippen molar-refractivity contribution in [3.05, 3.63) is 65.5 Å². The fraction of sp³-hybridized carbons (Fsp3) is 0.235. The Bertz CT molecular complexity index is 692. The third-order valence-electron chi connectivity index (χ3n) is 3.73. The zero-order valence-corrected chi connectivity index (χ0v) is 13.1. The summed E-state index contributed by atoms with van der Waals surface area (Å²) in [4.78, 5) is 10.9. The summed E-state index contributed by atoms with van der Waals surface area (Å²) in [7, 11) is 0. The third kappa shape index (κ3) is 3.83. The Labute approximate surface area is 137 Å². The smallest absolute Gasteiger partial charge is 0.159 e. The quantitative estimate of drug-likeness (QED) is 0.880. The van der Waals surface area contributed by atoms with Crippen molar-refractivity contribution in [3.63, 3.8) is 0 Å². The van der Waals surface area contributed by atoms with E-state index in [1.54, 1.807) is 35.3 Å². The molecule has 120 valence electrons. The van der Waals surface area contributed by atoms with Gasteiger partial charge in [0, 0.05) is 11.1 Å². The number of carboxylic acids is 1. The predicted molar refractivity (Wildman–Crippen MR) is 83.1 cm³/mol. The number of hydrogen-bond acceptors (Lipinski definition) is 4. The van der Waals surface area contributed by atoms with Gasteiger partial charge in [-0.1, -0.05) is 30.0 Å². The minimum atomic E-state index is -1.02. The van der Waals surface area contributed by atoms with E-state index in [9.17, 15) is 14.3 Å². The number of nitrogens with two attached hydrogens (primary N) is 1. The van der Waals surface area contributed by atoms with Crippen LogP contribution in [0, 0.1) is 5.82 Å². The molecule has 0 saturated carbocycles. The molecular weight excluding hydrogens is 317 g/mol. The van der Waals surface area contributed by atoms with Crippen LogP contribution in [0.25, 0.3) is 0 Å². The lowest BCUT2D eigenvalue weighted by molar-refractivity contribution is -0.690. The fourth-order valence-electron chi connectivity index (χ4n) is 2.41. The van der Waals surface area contributed by atoms with Crippen LogP contribution in [0.5, 0.6) is 5.75 Å². The summed E-state index contributed by atoms with van der Waals surface area (Å²) in [5.74, 6) is -0.117. The Hall–Kier alpha value is -2.05. The Balaban J connectivity index is 1.59. The molecule has 0 aliphatic carbocycles. The van der Waals surface area contributed by atoms with Gasteiger partial charge in [-0.25, -0.2) is 4.39 Å². The lowest BCUT2D eigenvalue weighted by Gasteiger charge is -2.12. The van der Waals surface area contributed by atoms with Crippen molar-refractivity contribution in [2.24, 2.45) is 0 Å². The molecule has 2 atom stereocenters. The average molecular weight is 333 g/mol. The highest BCUT2D eigenvalue weighted by Gasteiger charge is 2.30. The molecule has 0 unspecified atom stereocenters. The number of halogens is 1. The molecule has 1 heterocycles. The number of ether oxygens (including phenoxy) is 1. The molecule has 0 spiro atoms. The molecular formula is C17H16FNO3S. The molecule has 3 rings (SSSR count). The molecule has 2 N–H and O–H groups in total. The second-order valence-corrected chi connectivity index (χ2v) is 6.50. The third-order valence-corrected chi connectivity index (χ3v) is 5.07. The number of thioether (sulfide) groups is 1. The number of carbonyl (C=O) groups excluding carboxylic acids is 1. The van der Waals surface area contributed by atoms with Gasteiger partial charge in [0.1, 0.15) is 30.2 Å². The Morgan fingerprint density at radius 2 is 2.00 bits per heavy atom. The molecule has 1 fully saturated rings. The lowest BCUT2D eigenvalue weighted by Crippen LogP contribution is -2.90. The van der Waals surface area contributed by atoms with Crippen molar-refractivity contribution >= 4 is 17.7 Å². The number of benzene rings is 2. The first-order chi connectivity index (χ1) is 11.1. The zero-order chi connectivity index (χ0) is 16.2. The molecule has 6 heteroatoms. The van der Waals surface area contributed by atoms with Gasteiger partial charge in [0.15, 0.2) is 5.37 Å². The molecule has 4 nitrogen and oxygen atoms in total. The van der Waals surface area contributed by atoms with Crippen LogP contribution in [0.1, 0.15) is 16.5 Å². The molecule has 23 heavy (non-hydrogen) atoms.